The second kappa shape index (κ2) is 9.81. The number of amides is 1. The lowest BCUT2D eigenvalue weighted by molar-refractivity contribution is -0.155. The number of rotatable bonds is 7. The van der Waals surface area contributed by atoms with E-state index in [1.807, 2.05) is 30.3 Å². The van der Waals surface area contributed by atoms with Gasteiger partial charge >= 0.3 is 12.1 Å². The minimum absolute atomic E-state index is 0.00113. The zero-order valence-corrected chi connectivity index (χ0v) is 18.1. The van der Waals surface area contributed by atoms with E-state index in [4.69, 9.17) is 9.47 Å². The van der Waals surface area contributed by atoms with Crippen LogP contribution in [0.2, 0.25) is 0 Å². The molecule has 1 unspecified atom stereocenters. The zero-order valence-electron chi connectivity index (χ0n) is 18.1. The quantitative estimate of drug-likeness (QED) is 0.623. The summed E-state index contributed by atoms with van der Waals surface area (Å²) in [7, 11) is 0. The van der Waals surface area contributed by atoms with Gasteiger partial charge in [-0.2, -0.15) is 0 Å². The summed E-state index contributed by atoms with van der Waals surface area (Å²) >= 11 is 0. The summed E-state index contributed by atoms with van der Waals surface area (Å²) in [6.45, 7) is 6.11. The molecule has 2 aromatic rings. The third-order valence-electron chi connectivity index (χ3n) is 4.93. The highest BCUT2D eigenvalue weighted by Gasteiger charge is 2.29. The minimum atomic E-state index is -0.625. The van der Waals surface area contributed by atoms with Crippen LogP contribution in [0.5, 0.6) is 0 Å². The summed E-state index contributed by atoms with van der Waals surface area (Å²) in [6, 6.07) is 13.4. The fraction of sp³-hybridized carbons (Fsp3) is 0.417. The first-order chi connectivity index (χ1) is 14.7. The van der Waals surface area contributed by atoms with E-state index in [0.29, 0.717) is 13.0 Å². The number of hydrogen-bond acceptors (Lipinski definition) is 5. The molecule has 1 heterocycles. The van der Waals surface area contributed by atoms with Crippen molar-refractivity contribution in [2.75, 3.05) is 11.9 Å². The van der Waals surface area contributed by atoms with Crippen molar-refractivity contribution in [1.82, 2.24) is 5.32 Å². The molecule has 2 aromatic carbocycles. The van der Waals surface area contributed by atoms with Crippen molar-refractivity contribution in [3.8, 4) is 0 Å². The van der Waals surface area contributed by atoms with E-state index in [2.05, 4.69) is 10.6 Å². The summed E-state index contributed by atoms with van der Waals surface area (Å²) in [5.41, 5.74) is 1.95. The molecule has 3 rings (SSSR count). The molecule has 0 bridgehead atoms. The molecule has 31 heavy (non-hydrogen) atoms. The van der Waals surface area contributed by atoms with Crippen molar-refractivity contribution < 1.29 is 23.5 Å². The highest BCUT2D eigenvalue weighted by Crippen LogP contribution is 2.35. The van der Waals surface area contributed by atoms with Crippen LogP contribution in [0.1, 0.15) is 50.7 Å². The topological polar surface area (TPSA) is 76.7 Å². The van der Waals surface area contributed by atoms with E-state index in [1.54, 1.807) is 26.8 Å². The lowest BCUT2D eigenvalue weighted by atomic mass is 9.92. The Kier molecular flexibility index (Phi) is 7.15. The van der Waals surface area contributed by atoms with E-state index in [1.165, 1.54) is 12.1 Å². The van der Waals surface area contributed by atoms with Gasteiger partial charge in [-0.05, 0) is 56.5 Å². The summed E-state index contributed by atoms with van der Waals surface area (Å²) < 4.78 is 24.5. The Labute approximate surface area is 182 Å². The fourth-order valence-corrected chi connectivity index (χ4v) is 3.64. The van der Waals surface area contributed by atoms with Crippen LogP contribution in [0.25, 0.3) is 0 Å². The molecule has 0 saturated heterocycles. The third-order valence-corrected chi connectivity index (χ3v) is 4.93. The zero-order chi connectivity index (χ0) is 22.4. The van der Waals surface area contributed by atoms with E-state index in [0.717, 1.165) is 16.8 Å². The number of carbonyl (C=O) groups excluding carboxylic acids is 2. The van der Waals surface area contributed by atoms with Crippen LogP contribution in [0.3, 0.4) is 0 Å². The van der Waals surface area contributed by atoms with Gasteiger partial charge in [-0.1, -0.05) is 30.3 Å². The van der Waals surface area contributed by atoms with E-state index in [9.17, 15) is 14.0 Å². The first-order valence-corrected chi connectivity index (χ1v) is 10.4. The van der Waals surface area contributed by atoms with Gasteiger partial charge in [0, 0.05) is 24.2 Å². The number of anilines is 1. The molecular weight excluding hydrogens is 399 g/mol. The molecule has 0 radical (unpaired) electrons. The van der Waals surface area contributed by atoms with Gasteiger partial charge in [0.15, 0.2) is 0 Å². The molecule has 1 aliphatic rings. The van der Waals surface area contributed by atoms with Gasteiger partial charge in [0.1, 0.15) is 18.0 Å². The largest absolute Gasteiger partial charge is 0.460 e. The van der Waals surface area contributed by atoms with Crippen LogP contribution in [0.4, 0.5) is 14.9 Å². The van der Waals surface area contributed by atoms with Crippen molar-refractivity contribution >= 4 is 17.7 Å². The van der Waals surface area contributed by atoms with Gasteiger partial charge in [-0.15, -0.1) is 0 Å². The highest BCUT2D eigenvalue weighted by atomic mass is 19.1. The first kappa shape index (κ1) is 22.6. The van der Waals surface area contributed by atoms with Gasteiger partial charge in [-0.3, -0.25) is 4.79 Å². The number of esters is 1. The normalized spacial score (nSPS) is 16.1. The number of carbonyl (C=O) groups is 2. The summed E-state index contributed by atoms with van der Waals surface area (Å²) in [5, 5.41) is 6.04. The smallest absolute Gasteiger partial charge is 0.407 e. The van der Waals surface area contributed by atoms with Crippen LogP contribution in [0.15, 0.2) is 48.5 Å². The first-order valence-electron chi connectivity index (χ1n) is 10.4. The van der Waals surface area contributed by atoms with E-state index >= 15 is 0 Å². The molecule has 7 heteroatoms. The second-order valence-electron chi connectivity index (χ2n) is 8.74. The maximum absolute atomic E-state index is 13.7. The Hall–Kier alpha value is -3.09. The Bertz CT molecular complexity index is 912. The number of hydrogen-bond donors (Lipinski definition) is 2. The summed E-state index contributed by atoms with van der Waals surface area (Å²) in [4.78, 5) is 24.8. The number of nitrogens with one attached hydrogen (secondary N) is 2. The van der Waals surface area contributed by atoms with Crippen LogP contribution in [0, 0.1) is 5.82 Å². The molecule has 0 spiro atoms. The minimum Gasteiger partial charge on any atom is -0.460 e. The molecule has 2 atom stereocenters. The lowest BCUT2D eigenvalue weighted by Gasteiger charge is -2.24. The molecule has 1 aliphatic heterocycles. The van der Waals surface area contributed by atoms with Gasteiger partial charge in [0.05, 0.1) is 6.42 Å². The molecular formula is C24H29FN2O4. The molecule has 166 valence electrons. The van der Waals surface area contributed by atoms with Crippen LogP contribution in [-0.2, 0) is 20.9 Å². The van der Waals surface area contributed by atoms with Crippen molar-refractivity contribution in [2.24, 2.45) is 0 Å². The van der Waals surface area contributed by atoms with Gasteiger partial charge in [0.2, 0.25) is 0 Å². The average Bonchev–Trinajstić information content (AvgIpc) is 3.07. The fourth-order valence-electron chi connectivity index (χ4n) is 3.64. The average molecular weight is 429 g/mol. The Morgan fingerprint density at radius 2 is 1.94 bits per heavy atom. The van der Waals surface area contributed by atoms with Crippen LogP contribution in [-0.4, -0.2) is 30.3 Å². The number of benzene rings is 2. The van der Waals surface area contributed by atoms with Crippen molar-refractivity contribution in [3.05, 3.63) is 65.5 Å². The Balaban J connectivity index is 1.65. The number of alkyl carbamates (subject to hydrolysis) is 1. The highest BCUT2D eigenvalue weighted by molar-refractivity contribution is 5.73. The molecule has 0 fully saturated rings. The van der Waals surface area contributed by atoms with E-state index < -0.39 is 23.7 Å². The Morgan fingerprint density at radius 1 is 1.19 bits per heavy atom. The molecule has 6 nitrogen and oxygen atoms in total. The molecule has 0 saturated carbocycles. The molecule has 1 amide bonds. The number of fused-ring (bicyclic) bond motifs is 1. The van der Waals surface area contributed by atoms with E-state index in [-0.39, 0.29) is 24.8 Å². The van der Waals surface area contributed by atoms with Gasteiger partial charge in [-0.25, -0.2) is 9.18 Å². The van der Waals surface area contributed by atoms with Crippen LogP contribution >= 0.6 is 0 Å². The monoisotopic (exact) mass is 428 g/mol. The van der Waals surface area contributed by atoms with Gasteiger partial charge in [0.25, 0.3) is 0 Å². The van der Waals surface area contributed by atoms with Crippen molar-refractivity contribution in [3.63, 3.8) is 0 Å². The van der Waals surface area contributed by atoms with Crippen molar-refractivity contribution in [2.45, 2.75) is 57.8 Å². The van der Waals surface area contributed by atoms with Gasteiger partial charge < -0.3 is 20.1 Å². The third kappa shape index (κ3) is 6.98. The number of halogens is 1. The number of ether oxygens (including phenoxy) is 2. The molecule has 2 N–H and O–H groups in total. The van der Waals surface area contributed by atoms with Crippen molar-refractivity contribution in [1.29, 1.82) is 0 Å². The maximum Gasteiger partial charge on any atom is 0.407 e. The van der Waals surface area contributed by atoms with Crippen LogP contribution < -0.4 is 10.6 Å². The predicted octanol–water partition coefficient (Wildman–Crippen LogP) is 4.75. The predicted molar refractivity (Wildman–Crippen MR) is 116 cm³/mol. The SMILES string of the molecule is CC(C)(C)OC(=O)C[C@H](CC1CNc2ccc(F)cc21)NC(=O)OCc1ccccc1. The second-order valence-corrected chi connectivity index (χ2v) is 8.74. The Morgan fingerprint density at radius 3 is 2.65 bits per heavy atom. The standard InChI is InChI=1S/C24H29FN2O4/c1-24(2,3)31-22(28)13-19(27-23(29)30-15-16-7-5-4-6-8-16)11-17-14-26-21-10-9-18(25)12-20(17)21/h4-10,12,17,19,26H,11,13-15H2,1-3H3,(H,27,29)/t17?,19-/m0/s1. The summed E-state index contributed by atoms with van der Waals surface area (Å²) in [6.07, 6.45) is -0.162. The summed E-state index contributed by atoms with van der Waals surface area (Å²) in [5.74, 6) is -0.773. The molecule has 0 aromatic heterocycles. The lowest BCUT2D eigenvalue weighted by Crippen LogP contribution is -2.39. The maximum atomic E-state index is 13.7. The molecule has 0 aliphatic carbocycles.